The molecule has 0 bridgehead atoms. The third-order valence-corrected chi connectivity index (χ3v) is 3.69. The Hall–Kier alpha value is -0.970. The van der Waals surface area contributed by atoms with Crippen LogP contribution < -0.4 is 4.74 Å². The Morgan fingerprint density at radius 3 is 2.14 bits per heavy atom. The van der Waals surface area contributed by atoms with Gasteiger partial charge in [-0.05, 0) is 32.4 Å². The fraction of sp³-hybridized carbons (Fsp3) is 0.467. The van der Waals surface area contributed by atoms with E-state index in [2.05, 4.69) is 0 Å². The molecule has 122 valence electrons. The number of benzene rings is 1. The van der Waals surface area contributed by atoms with Crippen LogP contribution in [0.2, 0.25) is 15.1 Å². The van der Waals surface area contributed by atoms with Crippen LogP contribution in [-0.2, 0) is 14.3 Å². The van der Waals surface area contributed by atoms with Crippen molar-refractivity contribution in [2.45, 2.75) is 33.6 Å². The van der Waals surface area contributed by atoms with Crippen molar-refractivity contribution in [1.82, 2.24) is 0 Å². The highest BCUT2D eigenvalue weighted by Crippen LogP contribution is 2.37. The SMILES string of the molecule is CCCCOC(=O)C(C)(C)C(=O)Oc1c(Cl)cc(Cl)cc1Cl. The minimum atomic E-state index is -1.47. The van der Waals surface area contributed by atoms with E-state index < -0.39 is 17.4 Å². The van der Waals surface area contributed by atoms with Gasteiger partial charge in [0.05, 0.1) is 16.7 Å². The maximum absolute atomic E-state index is 12.2. The lowest BCUT2D eigenvalue weighted by Crippen LogP contribution is -2.38. The molecule has 1 rings (SSSR count). The summed E-state index contributed by atoms with van der Waals surface area (Å²) in [4.78, 5) is 24.2. The standard InChI is InChI=1S/C15H17Cl3O4/c1-4-5-6-21-13(19)15(2,3)14(20)22-12-10(17)7-9(16)8-11(12)18/h7-8H,4-6H2,1-3H3. The summed E-state index contributed by atoms with van der Waals surface area (Å²) in [5.41, 5.74) is -1.47. The molecule has 0 unspecified atom stereocenters. The molecule has 4 nitrogen and oxygen atoms in total. The summed E-state index contributed by atoms with van der Waals surface area (Å²) >= 11 is 17.7. The first kappa shape index (κ1) is 19.1. The van der Waals surface area contributed by atoms with Gasteiger partial charge >= 0.3 is 11.9 Å². The van der Waals surface area contributed by atoms with E-state index in [0.717, 1.165) is 12.8 Å². The van der Waals surface area contributed by atoms with E-state index in [4.69, 9.17) is 44.3 Å². The molecule has 0 aliphatic rings. The maximum atomic E-state index is 12.2. The van der Waals surface area contributed by atoms with Gasteiger partial charge < -0.3 is 9.47 Å². The summed E-state index contributed by atoms with van der Waals surface area (Å²) in [7, 11) is 0. The summed E-state index contributed by atoms with van der Waals surface area (Å²) in [6, 6.07) is 2.79. The fourth-order valence-corrected chi connectivity index (χ4v) is 2.31. The first-order valence-corrected chi connectivity index (χ1v) is 7.87. The van der Waals surface area contributed by atoms with Gasteiger partial charge in [-0.25, -0.2) is 0 Å². The number of halogens is 3. The van der Waals surface area contributed by atoms with Crippen LogP contribution in [0.5, 0.6) is 5.75 Å². The van der Waals surface area contributed by atoms with Gasteiger partial charge in [0.25, 0.3) is 0 Å². The molecule has 22 heavy (non-hydrogen) atoms. The van der Waals surface area contributed by atoms with Crippen LogP contribution in [0, 0.1) is 5.41 Å². The maximum Gasteiger partial charge on any atom is 0.328 e. The number of unbranched alkanes of at least 4 members (excludes halogenated alkanes) is 1. The Kier molecular flexibility index (Phi) is 6.98. The summed E-state index contributed by atoms with van der Waals surface area (Å²) in [6.45, 7) is 5.06. The number of ether oxygens (including phenoxy) is 2. The van der Waals surface area contributed by atoms with Crippen molar-refractivity contribution >= 4 is 46.7 Å². The van der Waals surface area contributed by atoms with Crippen molar-refractivity contribution in [2.24, 2.45) is 5.41 Å². The van der Waals surface area contributed by atoms with E-state index in [9.17, 15) is 9.59 Å². The molecule has 0 saturated heterocycles. The molecule has 7 heteroatoms. The summed E-state index contributed by atoms with van der Waals surface area (Å²) < 4.78 is 10.2. The van der Waals surface area contributed by atoms with E-state index in [-0.39, 0.29) is 22.4 Å². The van der Waals surface area contributed by atoms with E-state index in [1.807, 2.05) is 6.92 Å². The van der Waals surface area contributed by atoms with Crippen molar-refractivity contribution in [2.75, 3.05) is 6.61 Å². The topological polar surface area (TPSA) is 52.6 Å². The van der Waals surface area contributed by atoms with Crippen LogP contribution in [0.15, 0.2) is 12.1 Å². The van der Waals surface area contributed by atoms with Gasteiger partial charge in [-0.2, -0.15) is 0 Å². The second kappa shape index (κ2) is 8.04. The van der Waals surface area contributed by atoms with Crippen molar-refractivity contribution < 1.29 is 19.1 Å². The summed E-state index contributed by atoms with van der Waals surface area (Å²) in [5, 5.41) is 0.482. The van der Waals surface area contributed by atoms with Crippen LogP contribution >= 0.6 is 34.8 Å². The van der Waals surface area contributed by atoms with Gasteiger partial charge in [0.15, 0.2) is 11.2 Å². The normalized spacial score (nSPS) is 11.2. The van der Waals surface area contributed by atoms with Gasteiger partial charge in [0, 0.05) is 5.02 Å². The zero-order chi connectivity index (χ0) is 16.9. The van der Waals surface area contributed by atoms with Gasteiger partial charge in [0.2, 0.25) is 0 Å². The van der Waals surface area contributed by atoms with Crippen molar-refractivity contribution in [3.63, 3.8) is 0 Å². The molecule has 0 heterocycles. The van der Waals surface area contributed by atoms with Crippen LogP contribution in [0.25, 0.3) is 0 Å². The lowest BCUT2D eigenvalue weighted by Gasteiger charge is -2.21. The van der Waals surface area contributed by atoms with Crippen LogP contribution in [0.4, 0.5) is 0 Å². The molecular formula is C15H17Cl3O4. The number of rotatable bonds is 6. The summed E-state index contributed by atoms with van der Waals surface area (Å²) in [6.07, 6.45) is 1.61. The predicted molar refractivity (Wildman–Crippen MR) is 86.8 cm³/mol. The zero-order valence-electron chi connectivity index (χ0n) is 12.5. The highest BCUT2D eigenvalue weighted by atomic mass is 35.5. The molecule has 0 amide bonds. The highest BCUT2D eigenvalue weighted by molar-refractivity contribution is 6.40. The Morgan fingerprint density at radius 1 is 1.09 bits per heavy atom. The lowest BCUT2D eigenvalue weighted by atomic mass is 9.94. The molecule has 0 saturated carbocycles. The average Bonchev–Trinajstić information content (AvgIpc) is 2.42. The Balaban J connectivity index is 2.85. The molecule has 0 atom stereocenters. The van der Waals surface area contributed by atoms with Crippen molar-refractivity contribution in [1.29, 1.82) is 0 Å². The zero-order valence-corrected chi connectivity index (χ0v) is 14.8. The number of hydrogen-bond acceptors (Lipinski definition) is 4. The molecule has 0 aliphatic heterocycles. The van der Waals surface area contributed by atoms with Crippen molar-refractivity contribution in [3.8, 4) is 5.75 Å². The van der Waals surface area contributed by atoms with Gasteiger partial charge in [-0.15, -0.1) is 0 Å². The van der Waals surface area contributed by atoms with Gasteiger partial charge in [-0.3, -0.25) is 9.59 Å². The third-order valence-electron chi connectivity index (χ3n) is 2.91. The number of carbonyl (C=O) groups is 2. The van der Waals surface area contributed by atoms with Crippen LogP contribution in [-0.4, -0.2) is 18.5 Å². The molecule has 0 N–H and O–H groups in total. The smallest absolute Gasteiger partial charge is 0.328 e. The molecule has 0 aromatic heterocycles. The molecule has 0 aliphatic carbocycles. The second-order valence-electron chi connectivity index (χ2n) is 5.20. The van der Waals surface area contributed by atoms with Crippen LogP contribution in [0.3, 0.4) is 0 Å². The Bertz CT molecular complexity index is 547. The number of hydrogen-bond donors (Lipinski definition) is 0. The average molecular weight is 368 g/mol. The minimum Gasteiger partial charge on any atom is -0.465 e. The Labute approximate surface area is 144 Å². The molecule has 0 fully saturated rings. The van der Waals surface area contributed by atoms with E-state index in [1.54, 1.807) is 0 Å². The predicted octanol–water partition coefficient (Wildman–Crippen LogP) is 4.92. The van der Waals surface area contributed by atoms with Gasteiger partial charge in [0.1, 0.15) is 0 Å². The van der Waals surface area contributed by atoms with E-state index in [1.165, 1.54) is 26.0 Å². The van der Waals surface area contributed by atoms with Crippen LogP contribution in [0.1, 0.15) is 33.6 Å². The molecular weight excluding hydrogens is 351 g/mol. The Morgan fingerprint density at radius 2 is 1.64 bits per heavy atom. The number of esters is 2. The molecule has 0 radical (unpaired) electrons. The monoisotopic (exact) mass is 366 g/mol. The third kappa shape index (κ3) is 4.77. The fourth-order valence-electron chi connectivity index (χ4n) is 1.42. The van der Waals surface area contributed by atoms with Gasteiger partial charge in [-0.1, -0.05) is 48.1 Å². The molecule has 0 spiro atoms. The number of carbonyl (C=O) groups excluding carboxylic acids is 2. The minimum absolute atomic E-state index is 0.0350. The second-order valence-corrected chi connectivity index (χ2v) is 6.45. The quantitative estimate of drug-likeness (QED) is 0.310. The van der Waals surface area contributed by atoms with Crippen molar-refractivity contribution in [3.05, 3.63) is 27.2 Å². The largest absolute Gasteiger partial charge is 0.465 e. The van der Waals surface area contributed by atoms with E-state index in [0.29, 0.717) is 5.02 Å². The molecule has 1 aromatic carbocycles. The molecule has 1 aromatic rings. The highest BCUT2D eigenvalue weighted by Gasteiger charge is 2.40. The summed E-state index contributed by atoms with van der Waals surface area (Å²) in [5.74, 6) is -1.50. The first-order chi connectivity index (χ1) is 10.2. The first-order valence-electron chi connectivity index (χ1n) is 6.74. The van der Waals surface area contributed by atoms with E-state index >= 15 is 0 Å². The lowest BCUT2D eigenvalue weighted by molar-refractivity contribution is -0.164.